The Labute approximate surface area is 162 Å². The first-order chi connectivity index (χ1) is 13.0. The quantitative estimate of drug-likeness (QED) is 0.694. The van der Waals surface area contributed by atoms with E-state index in [0.29, 0.717) is 23.1 Å². The van der Waals surface area contributed by atoms with E-state index in [1.807, 2.05) is 0 Å². The fraction of sp³-hybridized carbons (Fsp3) is 0.391. The van der Waals surface area contributed by atoms with Gasteiger partial charge in [-0.3, -0.25) is 4.79 Å². The number of benzene rings is 2. The largest absolute Gasteiger partial charge is 0.324 e. The molecule has 2 aromatic carbocycles. The van der Waals surface area contributed by atoms with Crippen molar-refractivity contribution in [3.63, 3.8) is 0 Å². The summed E-state index contributed by atoms with van der Waals surface area (Å²) in [5.41, 5.74) is 3.54. The minimum Gasteiger partial charge on any atom is -0.324 e. The average Bonchev–Trinajstić information content (AvgIpc) is 2.68. The van der Waals surface area contributed by atoms with Crippen LogP contribution in [-0.2, 0) is 4.79 Å². The molecule has 0 aliphatic heterocycles. The van der Waals surface area contributed by atoms with Gasteiger partial charge in [-0.1, -0.05) is 64.1 Å². The Morgan fingerprint density at radius 2 is 1.67 bits per heavy atom. The van der Waals surface area contributed by atoms with E-state index < -0.39 is 0 Å². The smallest absolute Gasteiger partial charge is 0.238 e. The number of carbonyl (C=O) groups is 1. The lowest BCUT2D eigenvalue weighted by atomic mass is 9.92. The molecule has 1 amide bonds. The normalized spacial score (nSPS) is 13.0. The zero-order chi connectivity index (χ0) is 19.8. The lowest BCUT2D eigenvalue weighted by Crippen LogP contribution is -2.33. The topological polar surface area (TPSA) is 64.9 Å². The molecule has 0 saturated heterocycles. The molecule has 0 bridgehead atoms. The van der Waals surface area contributed by atoms with E-state index in [-0.39, 0.29) is 18.5 Å². The Morgan fingerprint density at radius 1 is 1.04 bits per heavy atom. The molecule has 0 aliphatic rings. The van der Waals surface area contributed by atoms with Crippen LogP contribution in [0.2, 0.25) is 0 Å². The summed E-state index contributed by atoms with van der Waals surface area (Å²) in [7, 11) is 0. The maximum absolute atomic E-state index is 12.3. The summed E-state index contributed by atoms with van der Waals surface area (Å²) in [6, 6.07) is 17.9. The van der Waals surface area contributed by atoms with Crippen LogP contribution in [0.5, 0.6) is 0 Å². The lowest BCUT2D eigenvalue weighted by molar-refractivity contribution is -0.115. The van der Waals surface area contributed by atoms with E-state index in [1.165, 1.54) is 11.1 Å². The van der Waals surface area contributed by atoms with Gasteiger partial charge < -0.3 is 10.6 Å². The molecule has 4 heteroatoms. The molecule has 2 aromatic rings. The predicted molar refractivity (Wildman–Crippen MR) is 111 cm³/mol. The standard InChI is InChI=1S/C23H29N3O/c1-5-17(4)18-10-12-19(13-11-18)23(16(2)3)25-15-22(27)26-21-9-7-6-8-20(21)14-24/h6-13,16-17,23,25H,5,15H2,1-4H3,(H,26,27)/t17-,23+/m0/s1. The molecule has 0 aliphatic carbocycles. The van der Waals surface area contributed by atoms with Crippen molar-refractivity contribution in [2.45, 2.75) is 46.1 Å². The summed E-state index contributed by atoms with van der Waals surface area (Å²) >= 11 is 0. The van der Waals surface area contributed by atoms with Crippen LogP contribution in [0, 0.1) is 17.2 Å². The molecule has 0 heterocycles. The molecule has 142 valence electrons. The van der Waals surface area contributed by atoms with Crippen molar-refractivity contribution in [2.24, 2.45) is 5.92 Å². The van der Waals surface area contributed by atoms with Crippen LogP contribution >= 0.6 is 0 Å². The highest BCUT2D eigenvalue weighted by Gasteiger charge is 2.17. The Kier molecular flexibility index (Phi) is 7.57. The summed E-state index contributed by atoms with van der Waals surface area (Å²) < 4.78 is 0. The predicted octanol–water partition coefficient (Wildman–Crippen LogP) is 5.00. The highest BCUT2D eigenvalue weighted by Crippen LogP contribution is 2.25. The van der Waals surface area contributed by atoms with Gasteiger partial charge in [-0.25, -0.2) is 0 Å². The van der Waals surface area contributed by atoms with Crippen LogP contribution in [0.25, 0.3) is 0 Å². The number of nitriles is 1. The van der Waals surface area contributed by atoms with E-state index in [9.17, 15) is 4.79 Å². The number of nitrogens with one attached hydrogen (secondary N) is 2. The van der Waals surface area contributed by atoms with Crippen LogP contribution in [0.3, 0.4) is 0 Å². The molecule has 0 unspecified atom stereocenters. The first kappa shape index (κ1) is 20.7. The Morgan fingerprint density at radius 3 is 2.26 bits per heavy atom. The Balaban J connectivity index is 2.02. The summed E-state index contributed by atoms with van der Waals surface area (Å²) in [5.74, 6) is 0.744. The van der Waals surface area contributed by atoms with Crippen LogP contribution in [0.1, 0.15) is 62.8 Å². The van der Waals surface area contributed by atoms with Gasteiger partial charge in [0.2, 0.25) is 5.91 Å². The van der Waals surface area contributed by atoms with Crippen molar-refractivity contribution in [3.05, 3.63) is 65.2 Å². The molecule has 2 rings (SSSR count). The van der Waals surface area contributed by atoms with Gasteiger partial charge in [0.1, 0.15) is 6.07 Å². The first-order valence-electron chi connectivity index (χ1n) is 9.58. The second-order valence-electron chi connectivity index (χ2n) is 7.28. The molecule has 2 N–H and O–H groups in total. The van der Waals surface area contributed by atoms with Gasteiger partial charge in [0, 0.05) is 6.04 Å². The minimum atomic E-state index is -0.153. The number of carbonyl (C=O) groups excluding carboxylic acids is 1. The Hall–Kier alpha value is -2.64. The third kappa shape index (κ3) is 5.67. The maximum Gasteiger partial charge on any atom is 0.238 e. The molecule has 0 spiro atoms. The molecule has 0 radical (unpaired) electrons. The molecule has 2 atom stereocenters. The second-order valence-corrected chi connectivity index (χ2v) is 7.28. The van der Waals surface area contributed by atoms with Gasteiger partial charge in [-0.2, -0.15) is 5.26 Å². The summed E-state index contributed by atoms with van der Waals surface area (Å²) in [6.45, 7) is 8.90. The highest BCUT2D eigenvalue weighted by molar-refractivity contribution is 5.93. The Bertz CT molecular complexity index is 790. The van der Waals surface area contributed by atoms with Crippen molar-refractivity contribution in [3.8, 4) is 6.07 Å². The third-order valence-electron chi connectivity index (χ3n) is 4.95. The monoisotopic (exact) mass is 363 g/mol. The zero-order valence-electron chi connectivity index (χ0n) is 16.6. The third-order valence-corrected chi connectivity index (χ3v) is 4.95. The van der Waals surface area contributed by atoms with E-state index in [4.69, 9.17) is 5.26 Å². The number of amides is 1. The molecule has 4 nitrogen and oxygen atoms in total. The fourth-order valence-corrected chi connectivity index (χ4v) is 3.09. The molecule has 0 aromatic heterocycles. The molecule has 0 fully saturated rings. The maximum atomic E-state index is 12.3. The van der Waals surface area contributed by atoms with Crippen LogP contribution < -0.4 is 10.6 Å². The summed E-state index contributed by atoms with van der Waals surface area (Å²) in [5, 5.41) is 15.3. The van der Waals surface area contributed by atoms with Crippen LogP contribution in [-0.4, -0.2) is 12.5 Å². The van der Waals surface area contributed by atoms with Crippen molar-refractivity contribution in [1.82, 2.24) is 5.32 Å². The van der Waals surface area contributed by atoms with Gasteiger partial charge >= 0.3 is 0 Å². The first-order valence-corrected chi connectivity index (χ1v) is 9.58. The number of anilines is 1. The minimum absolute atomic E-state index is 0.0907. The van der Waals surface area contributed by atoms with Gasteiger partial charge in [-0.15, -0.1) is 0 Å². The van der Waals surface area contributed by atoms with Crippen molar-refractivity contribution in [2.75, 3.05) is 11.9 Å². The SMILES string of the molecule is CC[C@H](C)c1ccc([C@H](NCC(=O)Nc2ccccc2C#N)C(C)C)cc1. The molecule has 0 saturated carbocycles. The molecule has 27 heavy (non-hydrogen) atoms. The van der Waals surface area contributed by atoms with Gasteiger partial charge in [0.05, 0.1) is 17.8 Å². The van der Waals surface area contributed by atoms with E-state index in [2.05, 4.69) is 68.7 Å². The number of hydrogen-bond acceptors (Lipinski definition) is 3. The van der Waals surface area contributed by atoms with Crippen LogP contribution in [0.4, 0.5) is 5.69 Å². The highest BCUT2D eigenvalue weighted by atomic mass is 16.1. The zero-order valence-corrected chi connectivity index (χ0v) is 16.6. The fourth-order valence-electron chi connectivity index (χ4n) is 3.09. The average molecular weight is 364 g/mol. The second kappa shape index (κ2) is 9.89. The van der Waals surface area contributed by atoms with Gasteiger partial charge in [0.15, 0.2) is 0 Å². The summed E-state index contributed by atoms with van der Waals surface area (Å²) in [4.78, 5) is 12.3. The molecular weight excluding hydrogens is 334 g/mol. The van der Waals surface area contributed by atoms with Gasteiger partial charge in [0.25, 0.3) is 0 Å². The van der Waals surface area contributed by atoms with Crippen molar-refractivity contribution in [1.29, 1.82) is 5.26 Å². The van der Waals surface area contributed by atoms with E-state index >= 15 is 0 Å². The van der Waals surface area contributed by atoms with E-state index in [1.54, 1.807) is 24.3 Å². The number of rotatable bonds is 8. The number of hydrogen-bond donors (Lipinski definition) is 2. The number of nitrogens with zero attached hydrogens (tertiary/aromatic N) is 1. The lowest BCUT2D eigenvalue weighted by Gasteiger charge is -2.23. The van der Waals surface area contributed by atoms with Crippen molar-refractivity contribution < 1.29 is 4.79 Å². The van der Waals surface area contributed by atoms with Crippen LogP contribution in [0.15, 0.2) is 48.5 Å². The number of para-hydroxylation sites is 1. The van der Waals surface area contributed by atoms with Crippen molar-refractivity contribution >= 4 is 11.6 Å². The van der Waals surface area contributed by atoms with Gasteiger partial charge in [-0.05, 0) is 41.5 Å². The van der Waals surface area contributed by atoms with E-state index in [0.717, 1.165) is 6.42 Å². The summed E-state index contributed by atoms with van der Waals surface area (Å²) in [6.07, 6.45) is 1.12. The molecular formula is C23H29N3O.